The molecule has 1 N–H and O–H groups in total. The number of hydrogen-bond acceptors (Lipinski definition) is 2. The van der Waals surface area contributed by atoms with Crippen LogP contribution in [0.15, 0.2) is 18.2 Å². The van der Waals surface area contributed by atoms with Gasteiger partial charge < -0.3 is 4.74 Å². The van der Waals surface area contributed by atoms with Crippen LogP contribution in [0.4, 0.5) is 23.7 Å². The number of anilines is 1. The number of aryl methyl sites for hydroxylation is 1. The molecule has 1 amide bonds. The van der Waals surface area contributed by atoms with E-state index < -0.39 is 17.8 Å². The second kappa shape index (κ2) is 9.43. The fraction of sp³-hybridized carbons (Fsp3) is 0.529. The normalized spacial score (nSPS) is 11.3. The van der Waals surface area contributed by atoms with Gasteiger partial charge in [0, 0.05) is 0 Å². The molecule has 0 fully saturated rings. The molecule has 1 rings (SSSR count). The number of carbonyl (C=O) groups is 1. The fourth-order valence-corrected chi connectivity index (χ4v) is 2.35. The number of alkyl halides is 3. The molecule has 0 bridgehead atoms. The van der Waals surface area contributed by atoms with Crippen LogP contribution in [0.2, 0.25) is 0 Å². The summed E-state index contributed by atoms with van der Waals surface area (Å²) in [6.07, 6.45) is 1.52. The monoisotopic (exact) mass is 330 g/mol. The van der Waals surface area contributed by atoms with E-state index in [9.17, 15) is 18.0 Å². The minimum atomic E-state index is -4.54. The number of amides is 1. The van der Waals surface area contributed by atoms with Crippen molar-refractivity contribution >= 4 is 11.8 Å². The van der Waals surface area contributed by atoms with Crippen molar-refractivity contribution < 1.29 is 22.7 Å². The molecule has 0 saturated heterocycles. The molecule has 0 saturated carbocycles. The van der Waals surface area contributed by atoms with Gasteiger partial charge in [-0.3, -0.25) is 5.32 Å². The molecule has 6 heteroatoms. The molecule has 0 atom stereocenters. The van der Waals surface area contributed by atoms with E-state index in [0.29, 0.717) is 12.0 Å². The zero-order chi connectivity index (χ0) is 17.3. The van der Waals surface area contributed by atoms with Crippen LogP contribution < -0.4 is 5.32 Å². The molecule has 129 valence electrons. The van der Waals surface area contributed by atoms with Crippen LogP contribution in [0.5, 0.6) is 0 Å². The first-order chi connectivity index (χ1) is 10.9. The highest BCUT2D eigenvalue weighted by Crippen LogP contribution is 2.35. The van der Waals surface area contributed by atoms with Gasteiger partial charge >= 0.3 is 12.3 Å². The van der Waals surface area contributed by atoms with E-state index in [-0.39, 0.29) is 5.69 Å². The SMILES string of the molecule is [CH2]OC(=O)Nc1ccc(CCCCCCCC)cc1C(F)(F)F. The summed E-state index contributed by atoms with van der Waals surface area (Å²) in [4.78, 5) is 11.1. The lowest BCUT2D eigenvalue weighted by Crippen LogP contribution is -2.16. The van der Waals surface area contributed by atoms with Gasteiger partial charge in [-0.1, -0.05) is 45.1 Å². The summed E-state index contributed by atoms with van der Waals surface area (Å²) in [5, 5.41) is 2.04. The predicted molar refractivity (Wildman–Crippen MR) is 84.0 cm³/mol. The average molecular weight is 330 g/mol. The molecule has 1 aromatic carbocycles. The Kier molecular flexibility index (Phi) is 7.92. The number of carbonyl (C=O) groups excluding carboxylic acids is 1. The van der Waals surface area contributed by atoms with Gasteiger partial charge in [-0.15, -0.1) is 0 Å². The first kappa shape index (κ1) is 19.3. The first-order valence-electron chi connectivity index (χ1n) is 7.81. The summed E-state index contributed by atoms with van der Waals surface area (Å²) in [5.74, 6) is 0. The molecule has 1 aromatic rings. The highest BCUT2D eigenvalue weighted by atomic mass is 19.4. The van der Waals surface area contributed by atoms with Crippen LogP contribution in [0, 0.1) is 7.11 Å². The number of hydrogen-bond donors (Lipinski definition) is 1. The van der Waals surface area contributed by atoms with Crippen molar-refractivity contribution in [2.75, 3.05) is 5.32 Å². The van der Waals surface area contributed by atoms with Crippen LogP contribution in [0.3, 0.4) is 0 Å². The van der Waals surface area contributed by atoms with Gasteiger partial charge in [-0.25, -0.2) is 4.79 Å². The lowest BCUT2D eigenvalue weighted by molar-refractivity contribution is -0.137. The first-order valence-corrected chi connectivity index (χ1v) is 7.81. The number of unbranched alkanes of at least 4 members (excludes halogenated alkanes) is 5. The van der Waals surface area contributed by atoms with Crippen molar-refractivity contribution in [3.05, 3.63) is 36.4 Å². The molecule has 0 aliphatic heterocycles. The van der Waals surface area contributed by atoms with Gasteiger partial charge in [0.2, 0.25) is 0 Å². The molecular formula is C17H23F3NO2. The molecule has 0 aliphatic carbocycles. The van der Waals surface area contributed by atoms with Crippen molar-refractivity contribution in [1.29, 1.82) is 0 Å². The van der Waals surface area contributed by atoms with Crippen LogP contribution >= 0.6 is 0 Å². The molecular weight excluding hydrogens is 307 g/mol. The highest BCUT2D eigenvalue weighted by molar-refractivity contribution is 5.86. The fourth-order valence-electron chi connectivity index (χ4n) is 2.35. The Bertz CT molecular complexity index is 501. The maximum atomic E-state index is 13.1. The predicted octanol–water partition coefficient (Wildman–Crippen LogP) is 5.95. The Morgan fingerprint density at radius 3 is 2.43 bits per heavy atom. The van der Waals surface area contributed by atoms with Crippen molar-refractivity contribution in [3.8, 4) is 0 Å². The van der Waals surface area contributed by atoms with Crippen LogP contribution in [-0.4, -0.2) is 6.09 Å². The maximum absolute atomic E-state index is 13.1. The van der Waals surface area contributed by atoms with Crippen molar-refractivity contribution in [2.45, 2.75) is 58.0 Å². The van der Waals surface area contributed by atoms with Crippen LogP contribution in [0.25, 0.3) is 0 Å². The van der Waals surface area contributed by atoms with Crippen molar-refractivity contribution in [3.63, 3.8) is 0 Å². The van der Waals surface area contributed by atoms with Gasteiger partial charge in [0.1, 0.15) is 7.11 Å². The molecule has 0 spiro atoms. The summed E-state index contributed by atoms with van der Waals surface area (Å²) < 4.78 is 43.4. The van der Waals surface area contributed by atoms with E-state index in [1.807, 2.05) is 5.32 Å². The van der Waals surface area contributed by atoms with E-state index in [2.05, 4.69) is 18.8 Å². The summed E-state index contributed by atoms with van der Waals surface area (Å²) in [5.41, 5.74) is -0.578. The van der Waals surface area contributed by atoms with Gasteiger partial charge in [-0.2, -0.15) is 13.2 Å². The molecule has 0 aromatic heterocycles. The summed E-state index contributed by atoms with van der Waals surface area (Å²) >= 11 is 0. The lowest BCUT2D eigenvalue weighted by Gasteiger charge is -2.15. The van der Waals surface area contributed by atoms with E-state index in [1.165, 1.54) is 25.3 Å². The molecule has 3 nitrogen and oxygen atoms in total. The quantitative estimate of drug-likeness (QED) is 0.598. The third-order valence-electron chi connectivity index (χ3n) is 3.58. The number of ether oxygens (including phenoxy) is 1. The minimum absolute atomic E-state index is 0.321. The molecule has 1 radical (unpaired) electrons. The highest BCUT2D eigenvalue weighted by Gasteiger charge is 2.34. The number of rotatable bonds is 8. The van der Waals surface area contributed by atoms with E-state index in [4.69, 9.17) is 0 Å². The Balaban J connectivity index is 2.70. The van der Waals surface area contributed by atoms with Gasteiger partial charge in [0.05, 0.1) is 11.3 Å². The molecule has 23 heavy (non-hydrogen) atoms. The second-order valence-corrected chi connectivity index (χ2v) is 5.45. The average Bonchev–Trinajstić information content (AvgIpc) is 2.50. The number of halogens is 3. The van der Waals surface area contributed by atoms with Crippen LogP contribution in [0.1, 0.15) is 56.6 Å². The smallest absolute Gasteiger partial charge is 0.418 e. The maximum Gasteiger partial charge on any atom is 0.418 e. The lowest BCUT2D eigenvalue weighted by atomic mass is 10.0. The van der Waals surface area contributed by atoms with Gasteiger partial charge in [0.15, 0.2) is 0 Å². The Labute approximate surface area is 135 Å². The van der Waals surface area contributed by atoms with E-state index in [1.54, 1.807) is 6.07 Å². The Morgan fingerprint density at radius 2 is 1.83 bits per heavy atom. The molecule has 0 aliphatic rings. The zero-order valence-corrected chi connectivity index (χ0v) is 13.3. The second-order valence-electron chi connectivity index (χ2n) is 5.45. The molecule has 0 heterocycles. The topological polar surface area (TPSA) is 38.3 Å². The van der Waals surface area contributed by atoms with Crippen LogP contribution in [-0.2, 0) is 17.3 Å². The largest absolute Gasteiger partial charge is 0.446 e. The summed E-state index contributed by atoms with van der Waals surface area (Å²) in [6, 6.07) is 3.94. The van der Waals surface area contributed by atoms with Gasteiger partial charge in [0.25, 0.3) is 0 Å². The standard InChI is InChI=1S/C17H23F3NO2/c1-3-4-5-6-7-8-9-13-10-11-15(21-16(22)23-2)14(12-13)17(18,19)20/h10-12H,2-9H2,1H3,(H,21,22). The molecule has 0 unspecified atom stereocenters. The van der Waals surface area contributed by atoms with E-state index >= 15 is 0 Å². The third kappa shape index (κ3) is 6.93. The van der Waals surface area contributed by atoms with Crippen molar-refractivity contribution in [1.82, 2.24) is 0 Å². The minimum Gasteiger partial charge on any atom is -0.446 e. The Hall–Kier alpha value is -1.72. The number of benzene rings is 1. The zero-order valence-electron chi connectivity index (χ0n) is 13.3. The van der Waals surface area contributed by atoms with Gasteiger partial charge in [-0.05, 0) is 30.5 Å². The summed E-state index contributed by atoms with van der Waals surface area (Å²) in [7, 11) is 2.87. The summed E-state index contributed by atoms with van der Waals surface area (Å²) in [6.45, 7) is 2.14. The van der Waals surface area contributed by atoms with Crippen molar-refractivity contribution in [2.24, 2.45) is 0 Å². The third-order valence-corrected chi connectivity index (χ3v) is 3.58. The van der Waals surface area contributed by atoms with E-state index in [0.717, 1.165) is 25.3 Å². The Morgan fingerprint density at radius 1 is 1.17 bits per heavy atom. The number of nitrogens with one attached hydrogen (secondary N) is 1.